The van der Waals surface area contributed by atoms with Crippen LogP contribution in [0.15, 0.2) is 18.2 Å². The highest BCUT2D eigenvalue weighted by Crippen LogP contribution is 2.33. The molecule has 0 saturated heterocycles. The van der Waals surface area contributed by atoms with Crippen molar-refractivity contribution in [2.24, 2.45) is 5.73 Å². The number of hydrogen-bond acceptors (Lipinski definition) is 5. The maximum absolute atomic E-state index is 6.45. The van der Waals surface area contributed by atoms with Gasteiger partial charge in [0.1, 0.15) is 0 Å². The lowest BCUT2D eigenvalue weighted by molar-refractivity contribution is 0.811. The third-order valence-corrected chi connectivity index (χ3v) is 4.77. The van der Waals surface area contributed by atoms with Gasteiger partial charge in [0.05, 0.1) is 10.7 Å². The molecular formula is C17H20Cl2N6. The quantitative estimate of drug-likeness (QED) is 0.732. The van der Waals surface area contributed by atoms with Crippen molar-refractivity contribution in [3.63, 3.8) is 0 Å². The Kier molecular flexibility index (Phi) is 5.13. The molecule has 0 saturated carbocycles. The van der Waals surface area contributed by atoms with Crippen LogP contribution in [0.1, 0.15) is 25.1 Å². The van der Waals surface area contributed by atoms with E-state index in [0.29, 0.717) is 28.3 Å². The lowest BCUT2D eigenvalue weighted by atomic mass is 10.0. The molecule has 0 aliphatic carbocycles. The number of aryl methyl sites for hydroxylation is 1. The number of nitrogens with two attached hydrogens (primary N) is 1. The number of hydrogen-bond donors (Lipinski definition) is 1. The zero-order valence-corrected chi connectivity index (χ0v) is 15.9. The third kappa shape index (κ3) is 3.17. The Hall–Kier alpha value is -1.89. The van der Waals surface area contributed by atoms with Crippen LogP contribution in [0.2, 0.25) is 10.0 Å². The summed E-state index contributed by atoms with van der Waals surface area (Å²) in [5, 5.41) is 5.78. The first-order valence-corrected chi connectivity index (χ1v) is 8.92. The summed E-state index contributed by atoms with van der Waals surface area (Å²) in [5.41, 5.74) is 9.30. The summed E-state index contributed by atoms with van der Waals surface area (Å²) in [4.78, 5) is 11.2. The van der Waals surface area contributed by atoms with Gasteiger partial charge in [0.2, 0.25) is 5.95 Å². The summed E-state index contributed by atoms with van der Waals surface area (Å²) in [5.74, 6) is 1.16. The van der Waals surface area contributed by atoms with Crippen LogP contribution in [-0.4, -0.2) is 32.7 Å². The van der Waals surface area contributed by atoms with Crippen LogP contribution in [0.4, 0.5) is 5.95 Å². The van der Waals surface area contributed by atoms with Crippen LogP contribution >= 0.6 is 23.2 Å². The predicted molar refractivity (Wildman–Crippen MR) is 102 cm³/mol. The van der Waals surface area contributed by atoms with Crippen molar-refractivity contribution in [3.05, 3.63) is 39.5 Å². The molecule has 0 bridgehead atoms. The van der Waals surface area contributed by atoms with E-state index in [9.17, 15) is 0 Å². The Bertz CT molecular complexity index is 917. The van der Waals surface area contributed by atoms with Gasteiger partial charge >= 0.3 is 0 Å². The molecule has 8 heteroatoms. The van der Waals surface area contributed by atoms with E-state index in [1.807, 2.05) is 13.0 Å². The van der Waals surface area contributed by atoms with E-state index in [-0.39, 0.29) is 0 Å². The highest BCUT2D eigenvalue weighted by molar-refractivity contribution is 6.36. The lowest BCUT2D eigenvalue weighted by Crippen LogP contribution is -2.23. The van der Waals surface area contributed by atoms with Gasteiger partial charge in [-0.1, -0.05) is 23.2 Å². The summed E-state index contributed by atoms with van der Waals surface area (Å²) >= 11 is 12.5. The maximum atomic E-state index is 6.45. The van der Waals surface area contributed by atoms with Crippen LogP contribution in [0.3, 0.4) is 0 Å². The van der Waals surface area contributed by atoms with Gasteiger partial charge in [-0.15, -0.1) is 5.10 Å². The van der Waals surface area contributed by atoms with Crippen molar-refractivity contribution in [1.29, 1.82) is 0 Å². The molecule has 132 valence electrons. The van der Waals surface area contributed by atoms with Crippen molar-refractivity contribution >= 4 is 34.9 Å². The van der Waals surface area contributed by atoms with E-state index < -0.39 is 0 Å². The number of aromatic nitrogens is 4. The number of nitrogens with zero attached hydrogens (tertiary/aromatic N) is 5. The van der Waals surface area contributed by atoms with Crippen LogP contribution in [-0.2, 0) is 6.54 Å². The molecule has 0 amide bonds. The molecule has 3 aromatic rings. The van der Waals surface area contributed by atoms with E-state index in [0.717, 1.165) is 35.6 Å². The molecule has 2 aromatic heterocycles. The van der Waals surface area contributed by atoms with Gasteiger partial charge in [-0.05, 0) is 39.0 Å². The fourth-order valence-corrected chi connectivity index (χ4v) is 3.37. The summed E-state index contributed by atoms with van der Waals surface area (Å²) < 4.78 is 1.72. The zero-order valence-electron chi connectivity index (χ0n) is 14.4. The van der Waals surface area contributed by atoms with Gasteiger partial charge in [0.25, 0.3) is 5.78 Å². The van der Waals surface area contributed by atoms with E-state index in [2.05, 4.69) is 33.8 Å². The van der Waals surface area contributed by atoms with E-state index in [1.54, 1.807) is 16.6 Å². The van der Waals surface area contributed by atoms with Gasteiger partial charge in [-0.3, -0.25) is 0 Å². The number of rotatable bonds is 5. The van der Waals surface area contributed by atoms with E-state index in [4.69, 9.17) is 28.9 Å². The minimum Gasteiger partial charge on any atom is -0.340 e. The van der Waals surface area contributed by atoms with Crippen molar-refractivity contribution in [3.8, 4) is 11.3 Å². The average molecular weight is 379 g/mol. The Morgan fingerprint density at radius 3 is 2.48 bits per heavy atom. The van der Waals surface area contributed by atoms with Crippen LogP contribution < -0.4 is 10.6 Å². The minimum absolute atomic E-state index is 0.323. The molecule has 0 spiro atoms. The average Bonchev–Trinajstić information content (AvgIpc) is 2.98. The second-order valence-electron chi connectivity index (χ2n) is 5.65. The van der Waals surface area contributed by atoms with Crippen molar-refractivity contribution in [2.45, 2.75) is 27.3 Å². The van der Waals surface area contributed by atoms with Crippen LogP contribution in [0.5, 0.6) is 0 Å². The molecule has 0 fully saturated rings. The van der Waals surface area contributed by atoms with Crippen LogP contribution in [0.25, 0.3) is 17.0 Å². The predicted octanol–water partition coefficient (Wildman–Crippen LogP) is 3.71. The molecular weight excluding hydrogens is 359 g/mol. The molecule has 0 aliphatic rings. The SMILES string of the molecule is CCN(CC)c1nc2nc(C)c(CN)c(-c3ccc(Cl)cc3Cl)n2n1. The van der Waals surface area contributed by atoms with Gasteiger partial charge in [-0.25, -0.2) is 4.98 Å². The van der Waals surface area contributed by atoms with E-state index >= 15 is 0 Å². The lowest BCUT2D eigenvalue weighted by Gasteiger charge is -2.15. The molecule has 3 rings (SSSR count). The summed E-state index contributed by atoms with van der Waals surface area (Å²) in [6, 6.07) is 5.38. The molecule has 2 N–H and O–H groups in total. The Balaban J connectivity index is 2.34. The molecule has 0 radical (unpaired) electrons. The van der Waals surface area contributed by atoms with Crippen molar-refractivity contribution in [2.75, 3.05) is 18.0 Å². The van der Waals surface area contributed by atoms with Crippen molar-refractivity contribution in [1.82, 2.24) is 19.6 Å². The summed E-state index contributed by atoms with van der Waals surface area (Å²) in [7, 11) is 0. The number of anilines is 1. The van der Waals surface area contributed by atoms with Gasteiger partial charge in [0.15, 0.2) is 0 Å². The monoisotopic (exact) mass is 378 g/mol. The smallest absolute Gasteiger partial charge is 0.254 e. The fourth-order valence-electron chi connectivity index (χ4n) is 2.88. The molecule has 25 heavy (non-hydrogen) atoms. The minimum atomic E-state index is 0.323. The molecule has 6 nitrogen and oxygen atoms in total. The van der Waals surface area contributed by atoms with Gasteiger partial charge in [-0.2, -0.15) is 9.50 Å². The van der Waals surface area contributed by atoms with Crippen LogP contribution in [0, 0.1) is 6.92 Å². The zero-order chi connectivity index (χ0) is 18.1. The first-order valence-electron chi connectivity index (χ1n) is 8.16. The number of halogens is 2. The Morgan fingerprint density at radius 2 is 1.88 bits per heavy atom. The van der Waals surface area contributed by atoms with Gasteiger partial charge in [0, 0.05) is 41.5 Å². The Morgan fingerprint density at radius 1 is 1.16 bits per heavy atom. The molecule has 2 heterocycles. The summed E-state index contributed by atoms with van der Waals surface area (Å²) in [6.07, 6.45) is 0. The third-order valence-electron chi connectivity index (χ3n) is 4.22. The van der Waals surface area contributed by atoms with E-state index in [1.165, 1.54) is 0 Å². The number of fused-ring (bicyclic) bond motifs is 1. The highest BCUT2D eigenvalue weighted by Gasteiger charge is 2.20. The molecule has 0 aliphatic heterocycles. The number of benzene rings is 1. The standard InChI is InChI=1S/C17H20Cl2N6/c1-4-24(5-2)17-22-16-21-10(3)13(9-20)15(25(16)23-17)12-7-6-11(18)8-14(12)19/h6-8H,4-5,9,20H2,1-3H3. The van der Waals surface area contributed by atoms with Gasteiger partial charge < -0.3 is 10.6 Å². The summed E-state index contributed by atoms with van der Waals surface area (Å²) in [6.45, 7) is 8.00. The normalized spacial score (nSPS) is 11.3. The first-order chi connectivity index (χ1) is 12.0. The Labute approximate surface area is 156 Å². The molecule has 1 aromatic carbocycles. The molecule has 0 atom stereocenters. The largest absolute Gasteiger partial charge is 0.340 e. The van der Waals surface area contributed by atoms with Crippen molar-refractivity contribution < 1.29 is 0 Å². The maximum Gasteiger partial charge on any atom is 0.254 e. The second-order valence-corrected chi connectivity index (χ2v) is 6.49. The highest BCUT2D eigenvalue weighted by atomic mass is 35.5. The molecule has 0 unspecified atom stereocenters. The fraction of sp³-hybridized carbons (Fsp3) is 0.353. The topological polar surface area (TPSA) is 72.3 Å². The first kappa shape index (κ1) is 17.9. The second kappa shape index (κ2) is 7.15.